The predicted octanol–water partition coefficient (Wildman–Crippen LogP) is 2.37. The first-order chi connectivity index (χ1) is 6.88. The molecule has 2 heteroatoms. The third kappa shape index (κ3) is 3.48. The summed E-state index contributed by atoms with van der Waals surface area (Å²) < 4.78 is 5.04. The Balaban J connectivity index is 2.46. The Hall–Kier alpha value is -0.860. The van der Waals surface area contributed by atoms with Crippen molar-refractivity contribution in [2.45, 2.75) is 18.9 Å². The number of ether oxygens (including phenoxy) is 1. The summed E-state index contributed by atoms with van der Waals surface area (Å²) in [4.78, 5) is 0. The maximum atomic E-state index is 5.04. The summed E-state index contributed by atoms with van der Waals surface area (Å²) in [5, 5.41) is 3.32. The number of hydrogen-bond acceptors (Lipinski definition) is 2. The topological polar surface area (TPSA) is 21.3 Å². The highest BCUT2D eigenvalue weighted by Gasteiger charge is 2.07. The lowest BCUT2D eigenvalue weighted by atomic mass is 10.0. The van der Waals surface area contributed by atoms with E-state index in [9.17, 15) is 0 Å². The van der Waals surface area contributed by atoms with E-state index in [-0.39, 0.29) is 0 Å². The maximum absolute atomic E-state index is 5.04. The summed E-state index contributed by atoms with van der Waals surface area (Å²) >= 11 is 0. The van der Waals surface area contributed by atoms with Crippen LogP contribution in [0, 0.1) is 0 Å². The van der Waals surface area contributed by atoms with Crippen molar-refractivity contribution in [1.29, 1.82) is 0 Å². The minimum atomic E-state index is 0.450. The first kappa shape index (κ1) is 11.2. The van der Waals surface area contributed by atoms with Gasteiger partial charge in [0.1, 0.15) is 0 Å². The van der Waals surface area contributed by atoms with Crippen molar-refractivity contribution in [3.05, 3.63) is 35.9 Å². The second-order valence-electron chi connectivity index (χ2n) is 3.39. The Morgan fingerprint density at radius 1 is 1.29 bits per heavy atom. The molecule has 1 atom stereocenters. The number of nitrogens with one attached hydrogen (secondary N) is 1. The second-order valence-corrected chi connectivity index (χ2v) is 3.39. The van der Waals surface area contributed by atoms with Crippen LogP contribution in [0.25, 0.3) is 0 Å². The van der Waals surface area contributed by atoms with Crippen molar-refractivity contribution in [1.82, 2.24) is 5.32 Å². The molecule has 2 nitrogen and oxygen atoms in total. The fraction of sp³-hybridized carbons (Fsp3) is 0.500. The first-order valence-electron chi connectivity index (χ1n) is 5.09. The molecule has 0 aliphatic rings. The molecule has 0 heterocycles. The van der Waals surface area contributed by atoms with E-state index in [2.05, 4.69) is 29.6 Å². The molecule has 0 spiro atoms. The van der Waals surface area contributed by atoms with Crippen LogP contribution in [0.1, 0.15) is 24.4 Å². The smallest absolute Gasteiger partial charge is 0.0462 e. The monoisotopic (exact) mass is 193 g/mol. The number of benzene rings is 1. The lowest BCUT2D eigenvalue weighted by molar-refractivity contribution is 0.189. The number of methoxy groups -OCH3 is 1. The van der Waals surface area contributed by atoms with E-state index >= 15 is 0 Å². The zero-order chi connectivity index (χ0) is 10.2. The van der Waals surface area contributed by atoms with Crippen LogP contribution < -0.4 is 5.32 Å². The van der Waals surface area contributed by atoms with Gasteiger partial charge in [-0.2, -0.15) is 0 Å². The van der Waals surface area contributed by atoms with Crippen molar-refractivity contribution >= 4 is 0 Å². The SMILES string of the molecule is CNC(CCCOC)c1ccccc1. The molecule has 78 valence electrons. The van der Waals surface area contributed by atoms with Crippen LogP contribution in [0.4, 0.5) is 0 Å². The van der Waals surface area contributed by atoms with Crippen LogP contribution in [0.5, 0.6) is 0 Å². The van der Waals surface area contributed by atoms with Crippen LogP contribution >= 0.6 is 0 Å². The van der Waals surface area contributed by atoms with Crippen LogP contribution in [0.2, 0.25) is 0 Å². The zero-order valence-corrected chi connectivity index (χ0v) is 8.99. The van der Waals surface area contributed by atoms with Gasteiger partial charge in [0.05, 0.1) is 0 Å². The Morgan fingerprint density at radius 2 is 2.00 bits per heavy atom. The van der Waals surface area contributed by atoms with Gasteiger partial charge in [-0.1, -0.05) is 30.3 Å². The van der Waals surface area contributed by atoms with Crippen molar-refractivity contribution in [3.8, 4) is 0 Å². The molecule has 0 amide bonds. The van der Waals surface area contributed by atoms with Crippen LogP contribution in [0.15, 0.2) is 30.3 Å². The molecule has 1 rings (SSSR count). The van der Waals surface area contributed by atoms with Crippen molar-refractivity contribution in [2.75, 3.05) is 20.8 Å². The fourth-order valence-electron chi connectivity index (χ4n) is 1.59. The van der Waals surface area contributed by atoms with E-state index in [0.717, 1.165) is 19.4 Å². The van der Waals surface area contributed by atoms with E-state index in [1.165, 1.54) is 5.56 Å². The quantitative estimate of drug-likeness (QED) is 0.700. The number of rotatable bonds is 6. The summed E-state index contributed by atoms with van der Waals surface area (Å²) in [6.07, 6.45) is 2.21. The molecule has 1 unspecified atom stereocenters. The Labute approximate surface area is 86.3 Å². The zero-order valence-electron chi connectivity index (χ0n) is 8.99. The molecule has 0 saturated heterocycles. The molecule has 0 aromatic heterocycles. The first-order valence-corrected chi connectivity index (χ1v) is 5.09. The van der Waals surface area contributed by atoms with Crippen LogP contribution in [-0.4, -0.2) is 20.8 Å². The van der Waals surface area contributed by atoms with Crippen molar-refractivity contribution in [3.63, 3.8) is 0 Å². The van der Waals surface area contributed by atoms with E-state index in [0.29, 0.717) is 6.04 Å². The lowest BCUT2D eigenvalue weighted by Crippen LogP contribution is -2.16. The molecule has 1 aromatic rings. The van der Waals surface area contributed by atoms with E-state index in [1.807, 2.05) is 13.1 Å². The molecule has 0 bridgehead atoms. The average Bonchev–Trinajstić information content (AvgIpc) is 2.26. The molecule has 14 heavy (non-hydrogen) atoms. The molecule has 0 aliphatic heterocycles. The maximum Gasteiger partial charge on any atom is 0.0462 e. The molecule has 0 saturated carbocycles. The predicted molar refractivity (Wildman–Crippen MR) is 59.4 cm³/mol. The van der Waals surface area contributed by atoms with Crippen LogP contribution in [0.3, 0.4) is 0 Å². The van der Waals surface area contributed by atoms with Gasteiger partial charge in [0, 0.05) is 19.8 Å². The van der Waals surface area contributed by atoms with E-state index in [1.54, 1.807) is 7.11 Å². The van der Waals surface area contributed by atoms with Gasteiger partial charge in [0.25, 0.3) is 0 Å². The average molecular weight is 193 g/mol. The van der Waals surface area contributed by atoms with Gasteiger partial charge >= 0.3 is 0 Å². The highest BCUT2D eigenvalue weighted by Crippen LogP contribution is 2.17. The van der Waals surface area contributed by atoms with Crippen LogP contribution in [-0.2, 0) is 4.74 Å². The van der Waals surface area contributed by atoms with Crippen molar-refractivity contribution < 1.29 is 4.74 Å². The summed E-state index contributed by atoms with van der Waals surface area (Å²) in [5.74, 6) is 0. The lowest BCUT2D eigenvalue weighted by Gasteiger charge is -2.16. The minimum Gasteiger partial charge on any atom is -0.385 e. The highest BCUT2D eigenvalue weighted by atomic mass is 16.5. The van der Waals surface area contributed by atoms with Gasteiger partial charge in [-0.3, -0.25) is 0 Å². The molecule has 0 aliphatic carbocycles. The van der Waals surface area contributed by atoms with Gasteiger partial charge < -0.3 is 10.1 Å². The largest absolute Gasteiger partial charge is 0.385 e. The van der Waals surface area contributed by atoms with E-state index < -0.39 is 0 Å². The van der Waals surface area contributed by atoms with Gasteiger partial charge in [-0.05, 0) is 25.5 Å². The summed E-state index contributed by atoms with van der Waals surface area (Å²) in [5.41, 5.74) is 1.35. The molecule has 0 radical (unpaired) electrons. The van der Waals surface area contributed by atoms with Crippen molar-refractivity contribution in [2.24, 2.45) is 0 Å². The Kier molecular flexibility index (Phi) is 5.27. The molecule has 0 fully saturated rings. The van der Waals surface area contributed by atoms with Gasteiger partial charge in [0.2, 0.25) is 0 Å². The highest BCUT2D eigenvalue weighted by molar-refractivity contribution is 5.18. The minimum absolute atomic E-state index is 0.450. The summed E-state index contributed by atoms with van der Waals surface area (Å²) in [7, 11) is 3.75. The van der Waals surface area contributed by atoms with Gasteiger partial charge in [-0.15, -0.1) is 0 Å². The summed E-state index contributed by atoms with van der Waals surface area (Å²) in [6.45, 7) is 0.838. The van der Waals surface area contributed by atoms with E-state index in [4.69, 9.17) is 4.74 Å². The van der Waals surface area contributed by atoms with Gasteiger partial charge in [0.15, 0.2) is 0 Å². The third-order valence-electron chi connectivity index (χ3n) is 2.39. The summed E-state index contributed by atoms with van der Waals surface area (Å²) in [6, 6.07) is 11.0. The fourth-order valence-corrected chi connectivity index (χ4v) is 1.59. The second kappa shape index (κ2) is 6.57. The standard InChI is InChI=1S/C12H19NO/c1-13-12(9-6-10-14-2)11-7-4-3-5-8-11/h3-5,7-8,12-13H,6,9-10H2,1-2H3. The Bertz CT molecular complexity index is 235. The molecular weight excluding hydrogens is 174 g/mol. The normalized spacial score (nSPS) is 12.7. The third-order valence-corrected chi connectivity index (χ3v) is 2.39. The number of hydrogen-bond donors (Lipinski definition) is 1. The molecule has 1 N–H and O–H groups in total. The molecular formula is C12H19NO. The molecule has 1 aromatic carbocycles. The Morgan fingerprint density at radius 3 is 2.57 bits per heavy atom. The van der Waals surface area contributed by atoms with Gasteiger partial charge in [-0.25, -0.2) is 0 Å².